The van der Waals surface area contributed by atoms with Crippen LogP contribution in [0.1, 0.15) is 37.6 Å². The molecular formula is C27H24ClF3N4O6S. The molecule has 2 fully saturated rings. The van der Waals surface area contributed by atoms with E-state index in [1.807, 2.05) is 0 Å². The molecule has 2 aliphatic rings. The number of benzene rings is 1. The van der Waals surface area contributed by atoms with Gasteiger partial charge in [0.15, 0.2) is 27.1 Å². The molecule has 0 unspecified atom stereocenters. The number of furan rings is 1. The van der Waals surface area contributed by atoms with Gasteiger partial charge in [-0.1, -0.05) is 30.7 Å². The number of sulfone groups is 1. The molecule has 5 heterocycles. The Morgan fingerprint density at radius 2 is 2.05 bits per heavy atom. The normalized spacial score (nSPS) is 25.9. The zero-order valence-corrected chi connectivity index (χ0v) is 23.6. The predicted molar refractivity (Wildman–Crippen MR) is 147 cm³/mol. The van der Waals surface area contributed by atoms with Crippen molar-refractivity contribution in [2.45, 2.75) is 44.0 Å². The number of hydrogen-bond donors (Lipinski definition) is 1. The topological polar surface area (TPSA) is 136 Å². The van der Waals surface area contributed by atoms with Crippen LogP contribution in [0, 0.1) is 5.92 Å². The molecule has 2 saturated heterocycles. The molecule has 3 aromatic heterocycles. The fourth-order valence-corrected chi connectivity index (χ4v) is 7.72. The van der Waals surface area contributed by atoms with Gasteiger partial charge in [0.1, 0.15) is 28.9 Å². The highest BCUT2D eigenvalue weighted by molar-refractivity contribution is 7.91. The quantitative estimate of drug-likeness (QED) is 0.309. The number of carbonyl (C=O) groups is 1. The fourth-order valence-electron chi connectivity index (χ4n) is 5.76. The Labute approximate surface area is 242 Å². The number of fused-ring (bicyclic) bond motifs is 3. The summed E-state index contributed by atoms with van der Waals surface area (Å²) in [6, 6.07) is 6.74. The zero-order chi connectivity index (χ0) is 30.0. The summed E-state index contributed by atoms with van der Waals surface area (Å²) in [5.41, 5.74) is -1.65. The molecule has 1 N–H and O–H groups in total. The highest BCUT2D eigenvalue weighted by Gasteiger charge is 2.48. The number of ether oxygens (including phenoxy) is 1. The lowest BCUT2D eigenvalue weighted by Gasteiger charge is -2.36. The molecule has 0 radical (unpaired) electrons. The van der Waals surface area contributed by atoms with Crippen molar-refractivity contribution in [3.05, 3.63) is 52.9 Å². The number of para-hydroxylation sites is 1. The van der Waals surface area contributed by atoms with Crippen molar-refractivity contribution in [3.63, 3.8) is 0 Å². The molecule has 0 spiro atoms. The average Bonchev–Trinajstić information content (AvgIpc) is 3.53. The van der Waals surface area contributed by atoms with E-state index in [-0.39, 0.29) is 64.3 Å². The monoisotopic (exact) mass is 624 g/mol. The first kappa shape index (κ1) is 28.5. The first-order valence-electron chi connectivity index (χ1n) is 13.0. The number of alkyl halides is 3. The molecule has 222 valence electrons. The van der Waals surface area contributed by atoms with Crippen molar-refractivity contribution < 1.29 is 40.6 Å². The van der Waals surface area contributed by atoms with Crippen LogP contribution in [0.15, 0.2) is 40.9 Å². The van der Waals surface area contributed by atoms with E-state index in [4.69, 9.17) is 20.8 Å². The lowest BCUT2D eigenvalue weighted by atomic mass is 9.83. The number of hydrogen-bond acceptors (Lipinski definition) is 9. The van der Waals surface area contributed by atoms with E-state index >= 15 is 4.39 Å². The third kappa shape index (κ3) is 4.89. The molecule has 0 bridgehead atoms. The summed E-state index contributed by atoms with van der Waals surface area (Å²) in [5.74, 6) is -4.02. The Morgan fingerprint density at radius 3 is 2.76 bits per heavy atom. The number of carboxylic acid groups (broad SMARTS) is 1. The molecule has 0 amide bonds. The van der Waals surface area contributed by atoms with Crippen molar-refractivity contribution in [1.29, 1.82) is 0 Å². The molecule has 0 saturated carbocycles. The maximum absolute atomic E-state index is 16.5. The van der Waals surface area contributed by atoms with Crippen LogP contribution < -0.4 is 9.64 Å². The van der Waals surface area contributed by atoms with Crippen LogP contribution in [0.2, 0.25) is 5.02 Å². The van der Waals surface area contributed by atoms with E-state index in [2.05, 4.69) is 15.0 Å². The third-order valence-electron chi connectivity index (χ3n) is 7.84. The molecule has 6 rings (SSSR count). The number of aromatic nitrogens is 3. The molecule has 0 aliphatic carbocycles. The van der Waals surface area contributed by atoms with Crippen molar-refractivity contribution in [2.24, 2.45) is 5.92 Å². The van der Waals surface area contributed by atoms with Crippen LogP contribution >= 0.6 is 11.6 Å². The Bertz CT molecular complexity index is 1820. The first-order valence-corrected chi connectivity index (χ1v) is 15.2. The summed E-state index contributed by atoms with van der Waals surface area (Å²) in [6.45, 7) is 1.34. The Morgan fingerprint density at radius 1 is 1.29 bits per heavy atom. The summed E-state index contributed by atoms with van der Waals surface area (Å²) < 4.78 is 80.4. The maximum Gasteiger partial charge on any atom is 0.326 e. The smallest absolute Gasteiger partial charge is 0.326 e. The van der Waals surface area contributed by atoms with Crippen LogP contribution in [0.4, 0.5) is 19.0 Å². The predicted octanol–water partition coefficient (Wildman–Crippen LogP) is 5.09. The van der Waals surface area contributed by atoms with Gasteiger partial charge in [0.2, 0.25) is 5.88 Å². The van der Waals surface area contributed by atoms with Gasteiger partial charge in [0.05, 0.1) is 28.6 Å². The number of aliphatic carboxylic acids is 1. The van der Waals surface area contributed by atoms with Crippen molar-refractivity contribution in [3.8, 4) is 5.88 Å². The molecular weight excluding hydrogens is 601 g/mol. The zero-order valence-electron chi connectivity index (χ0n) is 22.0. The highest BCUT2D eigenvalue weighted by Crippen LogP contribution is 2.46. The lowest BCUT2D eigenvalue weighted by molar-refractivity contribution is -0.138. The highest BCUT2D eigenvalue weighted by atomic mass is 35.5. The van der Waals surface area contributed by atoms with Crippen molar-refractivity contribution >= 4 is 55.3 Å². The standard InChI is InChI=1S/C27H24ClF3N4O6S/c1-13-12-42(38,39)7-6-27(13,31)17-8-14(28)10-32-25(17)40-15-9-18(26(36)37)35(11-15)24-21-20(33-23(34-24)22(29)30)16-4-2-3-5-19(16)41-21/h2-5,8,10,13,15,18,22H,6-7,9,11-12H2,1H3,(H,36,37)/t13-,15-,18-,27-/m0/s1. The Balaban J connectivity index is 1.38. The van der Waals surface area contributed by atoms with Crippen LogP contribution in [-0.4, -0.2) is 64.6 Å². The van der Waals surface area contributed by atoms with E-state index in [1.54, 1.807) is 24.3 Å². The van der Waals surface area contributed by atoms with Gasteiger partial charge < -0.3 is 19.2 Å². The summed E-state index contributed by atoms with van der Waals surface area (Å²) >= 11 is 6.14. The lowest BCUT2D eigenvalue weighted by Crippen LogP contribution is -2.41. The van der Waals surface area contributed by atoms with Crippen molar-refractivity contribution in [2.75, 3.05) is 23.0 Å². The van der Waals surface area contributed by atoms with E-state index in [9.17, 15) is 27.1 Å². The van der Waals surface area contributed by atoms with Gasteiger partial charge in [-0.15, -0.1) is 0 Å². The van der Waals surface area contributed by atoms with Gasteiger partial charge in [-0.05, 0) is 18.2 Å². The second kappa shape index (κ2) is 10.3. The minimum atomic E-state index is -3.43. The number of rotatable bonds is 6. The van der Waals surface area contributed by atoms with Crippen LogP contribution in [0.3, 0.4) is 0 Å². The maximum atomic E-state index is 16.5. The van der Waals surface area contributed by atoms with Gasteiger partial charge in [-0.2, -0.15) is 0 Å². The van der Waals surface area contributed by atoms with Gasteiger partial charge in [0, 0.05) is 30.3 Å². The molecule has 4 aromatic rings. The molecule has 15 heteroatoms. The Hall–Kier alpha value is -3.65. The third-order valence-corrected chi connectivity index (χ3v) is 9.88. The number of anilines is 1. The second-order valence-electron chi connectivity index (χ2n) is 10.6. The van der Waals surface area contributed by atoms with E-state index in [0.29, 0.717) is 11.0 Å². The van der Waals surface area contributed by atoms with E-state index in [0.717, 1.165) is 0 Å². The summed E-state index contributed by atoms with van der Waals surface area (Å²) in [5, 5.41) is 10.6. The minimum Gasteiger partial charge on any atom is -0.480 e. The SMILES string of the molecule is C[C@H]1CS(=O)(=O)CC[C@@]1(F)c1cc(Cl)cnc1O[C@H]1C[C@@H](C(=O)O)N(c2nc(C(F)F)nc3c2oc2ccccc23)C1. The largest absolute Gasteiger partial charge is 0.480 e. The van der Waals surface area contributed by atoms with E-state index in [1.165, 1.54) is 24.1 Å². The summed E-state index contributed by atoms with van der Waals surface area (Å²) in [4.78, 5) is 25.8. The van der Waals surface area contributed by atoms with Gasteiger partial charge in [-0.25, -0.2) is 41.3 Å². The van der Waals surface area contributed by atoms with E-state index < -0.39 is 51.8 Å². The summed E-state index contributed by atoms with van der Waals surface area (Å²) in [6.07, 6.45) is -3.15. The molecule has 10 nitrogen and oxygen atoms in total. The number of carboxylic acids is 1. The van der Waals surface area contributed by atoms with Gasteiger partial charge in [-0.3, -0.25) is 0 Å². The second-order valence-corrected chi connectivity index (χ2v) is 13.3. The number of pyridine rings is 1. The molecule has 42 heavy (non-hydrogen) atoms. The summed E-state index contributed by atoms with van der Waals surface area (Å²) in [7, 11) is -3.43. The van der Waals surface area contributed by atoms with Crippen molar-refractivity contribution in [1.82, 2.24) is 15.0 Å². The minimum absolute atomic E-state index is 0.0376. The molecule has 4 atom stereocenters. The first-order chi connectivity index (χ1) is 19.9. The molecule has 1 aromatic carbocycles. The van der Waals surface area contributed by atoms with Crippen LogP contribution in [-0.2, 0) is 20.3 Å². The van der Waals surface area contributed by atoms with Gasteiger partial charge in [0.25, 0.3) is 6.43 Å². The average molecular weight is 625 g/mol. The van der Waals surface area contributed by atoms with Crippen LogP contribution in [0.25, 0.3) is 22.1 Å². The Kier molecular flexibility index (Phi) is 6.96. The number of halogens is 4. The molecule has 2 aliphatic heterocycles. The van der Waals surface area contributed by atoms with Crippen LogP contribution in [0.5, 0.6) is 5.88 Å². The fraction of sp³-hybridized carbons (Fsp3) is 0.407. The number of nitrogens with zero attached hydrogens (tertiary/aromatic N) is 4. The van der Waals surface area contributed by atoms with Gasteiger partial charge >= 0.3 is 5.97 Å².